The van der Waals surface area contributed by atoms with E-state index in [1.807, 2.05) is 6.07 Å². The van der Waals surface area contributed by atoms with Crippen molar-refractivity contribution in [1.82, 2.24) is 0 Å². The van der Waals surface area contributed by atoms with Crippen molar-refractivity contribution < 1.29 is 13.2 Å². The maximum atomic E-state index is 12.6. The van der Waals surface area contributed by atoms with Crippen LogP contribution in [0.15, 0.2) is 30.3 Å². The Kier molecular flexibility index (Phi) is 4.06. The molecule has 0 radical (unpaired) electrons. The molecule has 1 N–H and O–H groups in total. The zero-order valence-electron chi connectivity index (χ0n) is 10.0. The summed E-state index contributed by atoms with van der Waals surface area (Å²) in [5, 5.41) is 3.01. The molecule has 0 amide bonds. The number of halogens is 4. The highest BCUT2D eigenvalue weighted by Crippen LogP contribution is 2.32. The Labute approximate surface area is 118 Å². The number of hydrogen-bond acceptors (Lipinski definition) is 2. The minimum atomic E-state index is -4.32. The van der Waals surface area contributed by atoms with Gasteiger partial charge in [0.05, 0.1) is 9.90 Å². The lowest BCUT2D eigenvalue weighted by atomic mass is 10.1. The summed E-state index contributed by atoms with van der Waals surface area (Å²) >= 11 is 7.20. The van der Waals surface area contributed by atoms with Crippen LogP contribution in [0.2, 0.25) is 4.34 Å². The number of rotatable bonds is 3. The van der Waals surface area contributed by atoms with Crippen LogP contribution in [0.4, 0.5) is 18.9 Å². The number of alkyl halides is 3. The average molecular weight is 306 g/mol. The van der Waals surface area contributed by atoms with Crippen molar-refractivity contribution in [1.29, 1.82) is 0 Å². The maximum Gasteiger partial charge on any atom is 0.416 e. The van der Waals surface area contributed by atoms with Crippen molar-refractivity contribution in [2.24, 2.45) is 0 Å². The molecule has 0 spiro atoms. The molecule has 2 aromatic rings. The highest BCUT2D eigenvalue weighted by molar-refractivity contribution is 7.16. The normalized spacial score (nSPS) is 11.6. The number of thiophene rings is 1. The fourth-order valence-electron chi connectivity index (χ4n) is 1.62. The Morgan fingerprint density at radius 2 is 1.95 bits per heavy atom. The molecule has 0 aliphatic rings. The molecule has 19 heavy (non-hydrogen) atoms. The van der Waals surface area contributed by atoms with Crippen molar-refractivity contribution in [2.75, 3.05) is 5.32 Å². The lowest BCUT2D eigenvalue weighted by Crippen LogP contribution is -2.07. The van der Waals surface area contributed by atoms with Gasteiger partial charge in [0.25, 0.3) is 0 Å². The first kappa shape index (κ1) is 14.2. The van der Waals surface area contributed by atoms with E-state index in [0.29, 0.717) is 16.6 Å². The summed E-state index contributed by atoms with van der Waals surface area (Å²) in [6, 6.07) is 7.30. The van der Waals surface area contributed by atoms with Crippen LogP contribution in [-0.2, 0) is 12.7 Å². The van der Waals surface area contributed by atoms with Crippen LogP contribution in [0, 0.1) is 6.92 Å². The second-order valence-corrected chi connectivity index (χ2v) is 5.89. The van der Waals surface area contributed by atoms with Crippen molar-refractivity contribution in [2.45, 2.75) is 19.6 Å². The molecule has 0 atom stereocenters. The molecule has 2 rings (SSSR count). The zero-order valence-corrected chi connectivity index (χ0v) is 11.6. The van der Waals surface area contributed by atoms with Crippen molar-refractivity contribution in [3.8, 4) is 0 Å². The molecule has 6 heteroatoms. The number of aryl methyl sites for hydroxylation is 1. The summed E-state index contributed by atoms with van der Waals surface area (Å²) in [4.78, 5) is 0.974. The molecule has 0 saturated carbocycles. The Bertz CT molecular complexity index is 578. The van der Waals surface area contributed by atoms with Crippen LogP contribution < -0.4 is 5.32 Å². The molecular formula is C13H11ClF3NS. The van der Waals surface area contributed by atoms with Crippen LogP contribution in [0.25, 0.3) is 0 Å². The van der Waals surface area contributed by atoms with Gasteiger partial charge in [-0.25, -0.2) is 0 Å². The van der Waals surface area contributed by atoms with Gasteiger partial charge in [0.2, 0.25) is 0 Å². The molecule has 0 aliphatic carbocycles. The summed E-state index contributed by atoms with van der Waals surface area (Å²) in [5.41, 5.74) is 0.611. The fourth-order valence-corrected chi connectivity index (χ4v) is 2.65. The number of nitrogens with one attached hydrogen (secondary N) is 1. The standard InChI is InChI=1S/C13H11ClF3NS/c1-8-2-3-9(13(15,16)17)6-11(8)18-7-10-4-5-12(14)19-10/h2-6,18H,7H2,1H3. The number of anilines is 1. The van der Waals surface area contributed by atoms with Gasteiger partial charge in [0.15, 0.2) is 0 Å². The first-order valence-electron chi connectivity index (χ1n) is 5.52. The van der Waals surface area contributed by atoms with Crippen LogP contribution in [0.3, 0.4) is 0 Å². The summed E-state index contributed by atoms with van der Waals surface area (Å²) in [5.74, 6) is 0. The van der Waals surface area contributed by atoms with Gasteiger partial charge in [0, 0.05) is 17.1 Å². The minimum Gasteiger partial charge on any atom is -0.380 e. The Morgan fingerprint density at radius 3 is 2.53 bits per heavy atom. The highest BCUT2D eigenvalue weighted by atomic mass is 35.5. The van der Waals surface area contributed by atoms with E-state index in [9.17, 15) is 13.2 Å². The van der Waals surface area contributed by atoms with Crippen LogP contribution in [0.5, 0.6) is 0 Å². The molecule has 0 bridgehead atoms. The molecular weight excluding hydrogens is 295 g/mol. The van der Waals surface area contributed by atoms with Gasteiger partial charge in [0.1, 0.15) is 0 Å². The molecule has 1 nitrogen and oxygen atoms in total. The van der Waals surface area contributed by atoms with Gasteiger partial charge < -0.3 is 5.32 Å². The van der Waals surface area contributed by atoms with Gasteiger partial charge in [-0.1, -0.05) is 17.7 Å². The number of hydrogen-bond donors (Lipinski definition) is 1. The summed E-state index contributed by atoms with van der Waals surface area (Å²) in [6.45, 7) is 2.23. The van der Waals surface area contributed by atoms with Gasteiger partial charge in [-0.3, -0.25) is 0 Å². The highest BCUT2D eigenvalue weighted by Gasteiger charge is 2.30. The smallest absolute Gasteiger partial charge is 0.380 e. The van der Waals surface area contributed by atoms with E-state index in [1.54, 1.807) is 13.0 Å². The molecule has 1 aromatic heterocycles. The third-order valence-corrected chi connectivity index (χ3v) is 3.88. The zero-order chi connectivity index (χ0) is 14.0. The van der Waals surface area contributed by atoms with Crippen LogP contribution in [0.1, 0.15) is 16.0 Å². The molecule has 0 saturated heterocycles. The Morgan fingerprint density at radius 1 is 1.21 bits per heavy atom. The van der Waals surface area contributed by atoms with Crippen molar-refractivity contribution in [3.63, 3.8) is 0 Å². The second kappa shape index (κ2) is 5.43. The molecule has 0 unspecified atom stereocenters. The fraction of sp³-hybridized carbons (Fsp3) is 0.231. The topological polar surface area (TPSA) is 12.0 Å². The maximum absolute atomic E-state index is 12.6. The molecule has 1 aromatic carbocycles. The molecule has 102 valence electrons. The largest absolute Gasteiger partial charge is 0.416 e. The predicted octanol–water partition coefficient (Wildman–Crippen LogP) is 5.34. The Balaban J connectivity index is 2.15. The van der Waals surface area contributed by atoms with E-state index in [2.05, 4.69) is 5.32 Å². The predicted molar refractivity (Wildman–Crippen MR) is 72.8 cm³/mol. The van der Waals surface area contributed by atoms with Crippen molar-refractivity contribution >= 4 is 28.6 Å². The van der Waals surface area contributed by atoms with E-state index in [1.165, 1.54) is 17.4 Å². The summed E-state index contributed by atoms with van der Waals surface area (Å²) in [7, 11) is 0. The average Bonchev–Trinajstić information content (AvgIpc) is 2.72. The summed E-state index contributed by atoms with van der Waals surface area (Å²) in [6.07, 6.45) is -4.32. The monoisotopic (exact) mass is 305 g/mol. The van der Waals surface area contributed by atoms with Gasteiger partial charge in [-0.05, 0) is 36.8 Å². The minimum absolute atomic E-state index is 0.458. The van der Waals surface area contributed by atoms with Gasteiger partial charge in [-0.2, -0.15) is 13.2 Å². The van der Waals surface area contributed by atoms with E-state index >= 15 is 0 Å². The number of benzene rings is 1. The summed E-state index contributed by atoms with van der Waals surface area (Å²) < 4.78 is 38.5. The van der Waals surface area contributed by atoms with Gasteiger partial charge in [-0.15, -0.1) is 11.3 Å². The van der Waals surface area contributed by atoms with Crippen LogP contribution in [-0.4, -0.2) is 0 Å². The third-order valence-electron chi connectivity index (χ3n) is 2.65. The molecule has 1 heterocycles. The van der Waals surface area contributed by atoms with Crippen LogP contribution >= 0.6 is 22.9 Å². The first-order valence-corrected chi connectivity index (χ1v) is 6.71. The lowest BCUT2D eigenvalue weighted by molar-refractivity contribution is -0.137. The molecule has 0 aliphatic heterocycles. The van der Waals surface area contributed by atoms with E-state index < -0.39 is 11.7 Å². The Hall–Kier alpha value is -1.20. The van der Waals surface area contributed by atoms with Gasteiger partial charge >= 0.3 is 6.18 Å². The van der Waals surface area contributed by atoms with E-state index in [0.717, 1.165) is 22.6 Å². The molecule has 0 fully saturated rings. The lowest BCUT2D eigenvalue weighted by Gasteiger charge is -2.12. The first-order chi connectivity index (χ1) is 8.86. The van der Waals surface area contributed by atoms with Crippen molar-refractivity contribution in [3.05, 3.63) is 50.7 Å². The van der Waals surface area contributed by atoms with E-state index in [4.69, 9.17) is 11.6 Å². The van der Waals surface area contributed by atoms with E-state index in [-0.39, 0.29) is 0 Å². The SMILES string of the molecule is Cc1ccc(C(F)(F)F)cc1NCc1ccc(Cl)s1. The quantitative estimate of drug-likeness (QED) is 0.807. The second-order valence-electron chi connectivity index (χ2n) is 4.09. The third kappa shape index (κ3) is 3.64.